The number of rotatable bonds is 12. The number of carbonyl (C=O) groups excluding carboxylic acids is 2. The number of nitrogens with zero attached hydrogens (tertiary/aromatic N) is 3. The molecule has 49 heavy (non-hydrogen) atoms. The molecule has 0 saturated heterocycles. The molecule has 0 bridgehead atoms. The zero-order valence-electron chi connectivity index (χ0n) is 29.7. The second-order valence-electron chi connectivity index (χ2n) is 13.8. The molecule has 5 rings (SSSR count). The van der Waals surface area contributed by atoms with Gasteiger partial charge in [-0.1, -0.05) is 38.3 Å². The molecule has 2 aliphatic rings. The summed E-state index contributed by atoms with van der Waals surface area (Å²) in [5, 5.41) is 6.12. The molecule has 10 nitrogen and oxygen atoms in total. The van der Waals surface area contributed by atoms with Crippen molar-refractivity contribution in [3.8, 4) is 11.5 Å². The minimum atomic E-state index is -0.217. The number of aryl methyl sites for hydroxylation is 1. The SMILES string of the molecule is COc1ccc(COC[C@H](C)N2CC(C)[C@H](CN(C)Cc3ccncc3C)Oc3ccc(NC(=O)NC4CCCCC4)cc3CC2=O)cc1. The summed E-state index contributed by atoms with van der Waals surface area (Å²) in [6, 6.07) is 15.3. The maximum atomic E-state index is 14.1. The van der Waals surface area contributed by atoms with Gasteiger partial charge in [0.15, 0.2) is 0 Å². The average molecular weight is 672 g/mol. The normalized spacial score (nSPS) is 19.2. The van der Waals surface area contributed by atoms with Crippen LogP contribution < -0.4 is 20.1 Å². The van der Waals surface area contributed by atoms with Crippen LogP contribution in [0.4, 0.5) is 10.5 Å². The molecule has 1 aromatic heterocycles. The van der Waals surface area contributed by atoms with Crippen molar-refractivity contribution in [2.75, 3.05) is 39.2 Å². The van der Waals surface area contributed by atoms with Crippen LogP contribution in [-0.2, 0) is 29.1 Å². The van der Waals surface area contributed by atoms with E-state index >= 15 is 0 Å². The maximum Gasteiger partial charge on any atom is 0.319 e. The lowest BCUT2D eigenvalue weighted by atomic mass is 9.96. The van der Waals surface area contributed by atoms with Gasteiger partial charge in [0, 0.05) is 55.2 Å². The lowest BCUT2D eigenvalue weighted by Gasteiger charge is -2.34. The Labute approximate surface area is 291 Å². The Bertz CT molecular complexity index is 1530. The first kappa shape index (κ1) is 36.1. The van der Waals surface area contributed by atoms with Crippen LogP contribution in [-0.4, -0.2) is 78.8 Å². The first-order valence-corrected chi connectivity index (χ1v) is 17.6. The second-order valence-corrected chi connectivity index (χ2v) is 13.8. The molecule has 1 aliphatic heterocycles. The van der Waals surface area contributed by atoms with E-state index in [-0.39, 0.29) is 42.5 Å². The highest BCUT2D eigenvalue weighted by Crippen LogP contribution is 2.30. The Kier molecular flexibility index (Phi) is 12.9. The van der Waals surface area contributed by atoms with E-state index in [0.29, 0.717) is 37.7 Å². The van der Waals surface area contributed by atoms with Gasteiger partial charge in [-0.15, -0.1) is 0 Å². The molecule has 3 atom stereocenters. The number of likely N-dealkylation sites (N-methyl/N-ethyl adjacent to an activating group) is 1. The molecule has 3 amide bonds. The summed E-state index contributed by atoms with van der Waals surface area (Å²) in [5.74, 6) is 1.50. The van der Waals surface area contributed by atoms with Crippen molar-refractivity contribution in [3.63, 3.8) is 0 Å². The number of carbonyl (C=O) groups is 2. The van der Waals surface area contributed by atoms with Crippen LogP contribution in [0.3, 0.4) is 0 Å². The van der Waals surface area contributed by atoms with Crippen molar-refractivity contribution in [2.24, 2.45) is 5.92 Å². The first-order valence-electron chi connectivity index (χ1n) is 17.6. The molecule has 2 aromatic carbocycles. The second kappa shape index (κ2) is 17.5. The highest BCUT2D eigenvalue weighted by Gasteiger charge is 2.31. The fourth-order valence-corrected chi connectivity index (χ4v) is 6.73. The van der Waals surface area contributed by atoms with E-state index < -0.39 is 0 Å². The van der Waals surface area contributed by atoms with Gasteiger partial charge in [0.1, 0.15) is 17.6 Å². The smallest absolute Gasteiger partial charge is 0.319 e. The zero-order valence-corrected chi connectivity index (χ0v) is 29.7. The monoisotopic (exact) mass is 671 g/mol. The highest BCUT2D eigenvalue weighted by atomic mass is 16.5. The molecule has 10 heteroatoms. The Morgan fingerprint density at radius 3 is 2.63 bits per heavy atom. The molecular weight excluding hydrogens is 618 g/mol. The quantitative estimate of drug-likeness (QED) is 0.231. The van der Waals surface area contributed by atoms with Crippen molar-refractivity contribution in [1.29, 1.82) is 0 Å². The maximum absolute atomic E-state index is 14.1. The number of benzene rings is 2. The van der Waals surface area contributed by atoms with Crippen LogP contribution in [0.2, 0.25) is 0 Å². The van der Waals surface area contributed by atoms with Gasteiger partial charge < -0.3 is 29.7 Å². The molecular formula is C39H53N5O5. The van der Waals surface area contributed by atoms with Crippen molar-refractivity contribution < 1.29 is 23.8 Å². The highest BCUT2D eigenvalue weighted by molar-refractivity contribution is 5.90. The summed E-state index contributed by atoms with van der Waals surface area (Å²) >= 11 is 0. The molecule has 2 N–H and O–H groups in total. The van der Waals surface area contributed by atoms with E-state index in [1.165, 1.54) is 12.0 Å². The summed E-state index contributed by atoms with van der Waals surface area (Å²) in [5.41, 5.74) is 4.80. The number of pyridine rings is 1. The molecule has 0 radical (unpaired) electrons. The molecule has 0 spiro atoms. The molecule has 264 valence electrons. The summed E-state index contributed by atoms with van der Waals surface area (Å²) < 4.78 is 18.2. The standard InChI is InChI=1S/C39H53N5O5/c1-27-21-40-18-17-31(27)23-43(4)24-37-28(2)22-44(29(3)25-48-26-30-11-14-35(47-5)15-12-30)38(45)20-32-19-34(13-16-36(32)49-37)42-39(46)41-33-9-7-6-8-10-33/h11-19,21,28-29,33,37H,6-10,20,22-26H2,1-5H3,(H2,41,42,46)/t28?,29-,37-/m0/s1. The largest absolute Gasteiger partial charge is 0.497 e. The number of hydrogen-bond acceptors (Lipinski definition) is 7. The fourth-order valence-electron chi connectivity index (χ4n) is 6.73. The third kappa shape index (κ3) is 10.4. The molecule has 1 saturated carbocycles. The molecule has 1 aliphatic carbocycles. The predicted molar refractivity (Wildman–Crippen MR) is 192 cm³/mol. The Balaban J connectivity index is 1.33. The topological polar surface area (TPSA) is 105 Å². The number of fused-ring (bicyclic) bond motifs is 1. The van der Waals surface area contributed by atoms with Crippen molar-refractivity contribution >= 4 is 17.6 Å². The summed E-state index contributed by atoms with van der Waals surface area (Å²) in [4.78, 5) is 35.4. The average Bonchev–Trinajstić information content (AvgIpc) is 3.13. The van der Waals surface area contributed by atoms with Gasteiger partial charge in [-0.2, -0.15) is 0 Å². The van der Waals surface area contributed by atoms with Crippen LogP contribution in [0.25, 0.3) is 0 Å². The van der Waals surface area contributed by atoms with E-state index in [4.69, 9.17) is 14.2 Å². The Hall–Kier alpha value is -4.15. The van der Waals surface area contributed by atoms with Gasteiger partial charge in [-0.3, -0.25) is 14.7 Å². The number of anilines is 1. The van der Waals surface area contributed by atoms with Crippen molar-refractivity contribution in [3.05, 3.63) is 83.2 Å². The minimum absolute atomic E-state index is 0.00229. The number of amides is 3. The number of aromatic nitrogens is 1. The number of hydrogen-bond donors (Lipinski definition) is 2. The lowest BCUT2D eigenvalue weighted by Crippen LogP contribution is -2.47. The number of nitrogens with one attached hydrogen (secondary N) is 2. The molecule has 1 unspecified atom stereocenters. The van der Waals surface area contributed by atoms with Gasteiger partial charge >= 0.3 is 6.03 Å². The number of urea groups is 1. The third-order valence-electron chi connectivity index (χ3n) is 9.71. The van der Waals surface area contributed by atoms with Crippen LogP contribution in [0.5, 0.6) is 11.5 Å². The predicted octanol–water partition coefficient (Wildman–Crippen LogP) is 6.36. The van der Waals surface area contributed by atoms with Crippen LogP contribution >= 0.6 is 0 Å². The minimum Gasteiger partial charge on any atom is -0.497 e. The van der Waals surface area contributed by atoms with E-state index in [1.807, 2.05) is 66.7 Å². The lowest BCUT2D eigenvalue weighted by molar-refractivity contribution is -0.134. The zero-order chi connectivity index (χ0) is 34.8. The Morgan fingerprint density at radius 2 is 1.90 bits per heavy atom. The molecule has 2 heterocycles. The molecule has 3 aromatic rings. The van der Waals surface area contributed by atoms with Gasteiger partial charge in [-0.05, 0) is 86.8 Å². The first-order chi connectivity index (χ1) is 23.7. The van der Waals surface area contributed by atoms with Crippen LogP contribution in [0, 0.1) is 12.8 Å². The van der Waals surface area contributed by atoms with E-state index in [0.717, 1.165) is 54.7 Å². The van der Waals surface area contributed by atoms with E-state index in [2.05, 4.69) is 47.5 Å². The van der Waals surface area contributed by atoms with Gasteiger partial charge in [0.05, 0.1) is 32.8 Å². The fraction of sp³-hybridized carbons (Fsp3) is 0.513. The van der Waals surface area contributed by atoms with Gasteiger partial charge in [0.25, 0.3) is 0 Å². The van der Waals surface area contributed by atoms with Crippen molar-refractivity contribution in [2.45, 2.75) is 90.6 Å². The van der Waals surface area contributed by atoms with Gasteiger partial charge in [0.2, 0.25) is 5.91 Å². The number of methoxy groups -OCH3 is 1. The third-order valence-corrected chi connectivity index (χ3v) is 9.71. The number of ether oxygens (including phenoxy) is 3. The summed E-state index contributed by atoms with van der Waals surface area (Å²) in [7, 11) is 3.75. The summed E-state index contributed by atoms with van der Waals surface area (Å²) in [6.07, 6.45) is 9.20. The van der Waals surface area contributed by atoms with Crippen LogP contribution in [0.15, 0.2) is 60.9 Å². The van der Waals surface area contributed by atoms with Crippen LogP contribution in [0.1, 0.15) is 68.2 Å². The van der Waals surface area contributed by atoms with E-state index in [9.17, 15) is 9.59 Å². The van der Waals surface area contributed by atoms with Gasteiger partial charge in [-0.25, -0.2) is 4.79 Å². The van der Waals surface area contributed by atoms with E-state index in [1.54, 1.807) is 7.11 Å². The Morgan fingerprint density at radius 1 is 1.12 bits per heavy atom. The summed E-state index contributed by atoms with van der Waals surface area (Å²) in [6.45, 7) is 9.05. The molecule has 1 fully saturated rings. The van der Waals surface area contributed by atoms with Crippen molar-refractivity contribution in [1.82, 2.24) is 20.1 Å².